The minimum atomic E-state index is -0.0516. The second-order valence-corrected chi connectivity index (χ2v) is 6.36. The second kappa shape index (κ2) is 8.56. The van der Waals surface area contributed by atoms with Crippen LogP contribution in [0.2, 0.25) is 0 Å². The lowest BCUT2D eigenvalue weighted by atomic mass is 10.1. The van der Waals surface area contributed by atoms with E-state index in [9.17, 15) is 9.59 Å². The number of anilines is 1. The molecule has 0 unspecified atom stereocenters. The molecule has 0 bridgehead atoms. The van der Waals surface area contributed by atoms with Gasteiger partial charge < -0.3 is 15.5 Å². The molecule has 1 aromatic rings. The molecule has 1 saturated heterocycles. The van der Waals surface area contributed by atoms with Crippen LogP contribution in [0.4, 0.5) is 5.69 Å². The van der Waals surface area contributed by atoms with E-state index < -0.39 is 0 Å². The topological polar surface area (TPSA) is 61.4 Å². The molecule has 0 aromatic heterocycles. The van der Waals surface area contributed by atoms with E-state index in [-0.39, 0.29) is 24.4 Å². The van der Waals surface area contributed by atoms with Crippen molar-refractivity contribution in [2.24, 2.45) is 0 Å². The van der Waals surface area contributed by atoms with Crippen LogP contribution in [0.3, 0.4) is 0 Å². The van der Waals surface area contributed by atoms with Crippen LogP contribution in [-0.4, -0.2) is 42.4 Å². The van der Waals surface area contributed by atoms with Crippen LogP contribution in [0.25, 0.3) is 0 Å². The molecule has 5 heteroatoms. The van der Waals surface area contributed by atoms with Gasteiger partial charge in [-0.2, -0.15) is 0 Å². The molecule has 2 rings (SSSR count). The number of benzene rings is 1. The van der Waals surface area contributed by atoms with Crippen molar-refractivity contribution in [1.82, 2.24) is 10.2 Å². The third-order valence-electron chi connectivity index (χ3n) is 3.91. The van der Waals surface area contributed by atoms with E-state index in [0.29, 0.717) is 5.56 Å². The van der Waals surface area contributed by atoms with Gasteiger partial charge in [0.25, 0.3) is 5.91 Å². The maximum absolute atomic E-state index is 12.6. The Balaban J connectivity index is 1.95. The number of carbonyl (C=O) groups is 2. The Morgan fingerprint density at radius 3 is 2.48 bits per heavy atom. The highest BCUT2D eigenvalue weighted by molar-refractivity contribution is 5.95. The monoisotopic (exact) mass is 317 g/mol. The summed E-state index contributed by atoms with van der Waals surface area (Å²) >= 11 is 0. The summed E-state index contributed by atoms with van der Waals surface area (Å²) in [5.74, 6) is 0.0337. The van der Waals surface area contributed by atoms with E-state index in [1.807, 2.05) is 43.0 Å². The molecule has 0 spiro atoms. The maximum atomic E-state index is 12.6. The van der Waals surface area contributed by atoms with Crippen molar-refractivity contribution < 1.29 is 9.59 Å². The van der Waals surface area contributed by atoms with Crippen LogP contribution >= 0.6 is 0 Å². The molecule has 1 aromatic carbocycles. The van der Waals surface area contributed by atoms with Crippen LogP contribution in [0, 0.1) is 0 Å². The van der Waals surface area contributed by atoms with Crippen LogP contribution in [-0.2, 0) is 4.79 Å². The normalized spacial score (nSPS) is 15.2. The lowest BCUT2D eigenvalue weighted by Crippen LogP contribution is -2.35. The van der Waals surface area contributed by atoms with Crippen LogP contribution < -0.4 is 10.6 Å². The van der Waals surface area contributed by atoms with E-state index in [4.69, 9.17) is 0 Å². The number of nitrogens with zero attached hydrogens (tertiary/aromatic N) is 1. The largest absolute Gasteiger partial charge is 0.376 e. The van der Waals surface area contributed by atoms with E-state index in [1.54, 1.807) is 0 Å². The Labute approximate surface area is 138 Å². The SMILES string of the molecule is CC(C)NC(=O)CNc1cccc(C(=O)N2CCCCCC2)c1. The van der Waals surface area contributed by atoms with E-state index >= 15 is 0 Å². The molecule has 5 nitrogen and oxygen atoms in total. The standard InChI is InChI=1S/C18H27N3O2/c1-14(2)20-17(22)13-19-16-9-7-8-15(12-16)18(23)21-10-5-3-4-6-11-21/h7-9,12,14,19H,3-6,10-11,13H2,1-2H3,(H,20,22). The molecule has 23 heavy (non-hydrogen) atoms. The van der Waals surface area contributed by atoms with Gasteiger partial charge in [0.1, 0.15) is 0 Å². The molecular formula is C18H27N3O2. The molecule has 0 saturated carbocycles. The summed E-state index contributed by atoms with van der Waals surface area (Å²) in [6.45, 7) is 5.75. The van der Waals surface area contributed by atoms with Gasteiger partial charge >= 0.3 is 0 Å². The minimum absolute atomic E-state index is 0.0516. The van der Waals surface area contributed by atoms with Crippen molar-refractivity contribution in [3.05, 3.63) is 29.8 Å². The molecular weight excluding hydrogens is 290 g/mol. The number of hydrogen-bond donors (Lipinski definition) is 2. The smallest absolute Gasteiger partial charge is 0.253 e. The molecule has 0 radical (unpaired) electrons. The third-order valence-corrected chi connectivity index (χ3v) is 3.91. The Morgan fingerprint density at radius 2 is 1.83 bits per heavy atom. The van der Waals surface area contributed by atoms with Gasteiger partial charge in [-0.15, -0.1) is 0 Å². The van der Waals surface area contributed by atoms with Gasteiger partial charge in [-0.1, -0.05) is 18.9 Å². The first kappa shape index (κ1) is 17.3. The second-order valence-electron chi connectivity index (χ2n) is 6.36. The van der Waals surface area contributed by atoms with Crippen molar-refractivity contribution >= 4 is 17.5 Å². The first-order valence-corrected chi connectivity index (χ1v) is 8.49. The predicted octanol–water partition coefficient (Wildman–Crippen LogP) is 2.64. The highest BCUT2D eigenvalue weighted by Gasteiger charge is 2.17. The number of rotatable bonds is 5. The highest BCUT2D eigenvalue weighted by Crippen LogP contribution is 2.16. The summed E-state index contributed by atoms with van der Waals surface area (Å²) in [6, 6.07) is 7.53. The third kappa shape index (κ3) is 5.58. The van der Waals surface area contributed by atoms with E-state index in [2.05, 4.69) is 10.6 Å². The van der Waals surface area contributed by atoms with Gasteiger partial charge in [0.05, 0.1) is 6.54 Å². The average molecular weight is 317 g/mol. The number of hydrogen-bond acceptors (Lipinski definition) is 3. The van der Waals surface area contributed by atoms with Crippen molar-refractivity contribution in [2.45, 2.75) is 45.6 Å². The molecule has 1 heterocycles. The summed E-state index contributed by atoms with van der Waals surface area (Å²) in [7, 11) is 0. The zero-order chi connectivity index (χ0) is 16.7. The zero-order valence-electron chi connectivity index (χ0n) is 14.1. The number of nitrogens with one attached hydrogen (secondary N) is 2. The number of carbonyl (C=O) groups excluding carboxylic acids is 2. The van der Waals surface area contributed by atoms with E-state index in [0.717, 1.165) is 31.6 Å². The maximum Gasteiger partial charge on any atom is 0.253 e. The van der Waals surface area contributed by atoms with Gasteiger partial charge in [-0.05, 0) is 44.9 Å². The van der Waals surface area contributed by atoms with Crippen molar-refractivity contribution in [1.29, 1.82) is 0 Å². The van der Waals surface area contributed by atoms with Crippen molar-refractivity contribution in [3.63, 3.8) is 0 Å². The highest BCUT2D eigenvalue weighted by atomic mass is 16.2. The quantitative estimate of drug-likeness (QED) is 0.877. The van der Waals surface area contributed by atoms with E-state index in [1.165, 1.54) is 12.8 Å². The fraction of sp³-hybridized carbons (Fsp3) is 0.556. The summed E-state index contributed by atoms with van der Waals surface area (Å²) in [6.07, 6.45) is 4.57. The molecule has 1 aliphatic heterocycles. The molecule has 0 atom stereocenters. The van der Waals surface area contributed by atoms with Crippen molar-refractivity contribution in [3.8, 4) is 0 Å². The fourth-order valence-electron chi connectivity index (χ4n) is 2.77. The summed E-state index contributed by atoms with van der Waals surface area (Å²) in [5, 5.41) is 5.91. The lowest BCUT2D eigenvalue weighted by molar-refractivity contribution is -0.119. The molecule has 0 aliphatic carbocycles. The predicted molar refractivity (Wildman–Crippen MR) is 92.6 cm³/mol. The molecule has 126 valence electrons. The van der Waals surface area contributed by atoms with Gasteiger partial charge in [0.2, 0.25) is 5.91 Å². The summed E-state index contributed by atoms with van der Waals surface area (Å²) in [4.78, 5) is 26.2. The zero-order valence-corrected chi connectivity index (χ0v) is 14.1. The summed E-state index contributed by atoms with van der Waals surface area (Å²) < 4.78 is 0. The average Bonchev–Trinajstić information content (AvgIpc) is 2.81. The first-order chi connectivity index (χ1) is 11.1. The Bertz CT molecular complexity index is 535. The van der Waals surface area contributed by atoms with Crippen LogP contribution in [0.5, 0.6) is 0 Å². The Morgan fingerprint density at radius 1 is 1.13 bits per heavy atom. The molecule has 2 amide bonds. The van der Waals surface area contributed by atoms with Crippen molar-refractivity contribution in [2.75, 3.05) is 25.0 Å². The van der Waals surface area contributed by atoms with Gasteiger partial charge in [-0.3, -0.25) is 9.59 Å². The molecule has 1 aliphatic rings. The van der Waals surface area contributed by atoms with Crippen LogP contribution in [0.1, 0.15) is 49.9 Å². The van der Waals surface area contributed by atoms with Gasteiger partial charge in [-0.25, -0.2) is 0 Å². The number of amides is 2. The van der Waals surface area contributed by atoms with Gasteiger partial charge in [0.15, 0.2) is 0 Å². The van der Waals surface area contributed by atoms with Crippen LogP contribution in [0.15, 0.2) is 24.3 Å². The molecule has 2 N–H and O–H groups in total. The van der Waals surface area contributed by atoms with Gasteiger partial charge in [0, 0.05) is 30.4 Å². The number of likely N-dealkylation sites (tertiary alicyclic amines) is 1. The first-order valence-electron chi connectivity index (χ1n) is 8.49. The summed E-state index contributed by atoms with van der Waals surface area (Å²) in [5.41, 5.74) is 1.48. The molecule has 1 fully saturated rings. The fourth-order valence-corrected chi connectivity index (χ4v) is 2.77. The lowest BCUT2D eigenvalue weighted by Gasteiger charge is -2.20. The minimum Gasteiger partial charge on any atom is -0.376 e. The Hall–Kier alpha value is -2.04. The Kier molecular flexibility index (Phi) is 6.44.